The highest BCUT2D eigenvalue weighted by Crippen LogP contribution is 2.28. The maximum Gasteiger partial charge on any atom is 0.224 e. The van der Waals surface area contributed by atoms with Gasteiger partial charge < -0.3 is 10.2 Å². The molecule has 3 heterocycles. The zero-order valence-corrected chi connectivity index (χ0v) is 18.5. The molecular formula is C21H25ClN6OS. The summed E-state index contributed by atoms with van der Waals surface area (Å²) in [6.07, 6.45) is 7.81. The molecule has 0 aliphatic carbocycles. The van der Waals surface area contributed by atoms with Gasteiger partial charge in [-0.2, -0.15) is 5.10 Å². The van der Waals surface area contributed by atoms with Gasteiger partial charge in [0, 0.05) is 24.7 Å². The van der Waals surface area contributed by atoms with Crippen molar-refractivity contribution in [2.75, 3.05) is 30.8 Å². The van der Waals surface area contributed by atoms with Gasteiger partial charge in [-0.25, -0.2) is 14.6 Å². The second kappa shape index (κ2) is 9.66. The second-order valence-corrected chi connectivity index (χ2v) is 8.55. The Bertz CT molecular complexity index is 1020. The Kier molecular flexibility index (Phi) is 6.74. The molecule has 9 heteroatoms. The SMILES string of the molecule is CSc1nc(N2CCCCC2)c2cnn(CCNC(=O)Cc3ccc(Cl)cc3)c2n1. The standard InChI is InChI=1S/C21H25ClN6OS/c1-30-21-25-19(27-10-3-2-4-11-27)17-14-24-28(20(17)26-21)12-9-23-18(29)13-15-5-7-16(22)8-6-15/h5-8,14H,2-4,9-13H2,1H3,(H,23,29). The highest BCUT2D eigenvalue weighted by molar-refractivity contribution is 7.98. The molecule has 30 heavy (non-hydrogen) atoms. The van der Waals surface area contributed by atoms with E-state index in [1.54, 1.807) is 12.1 Å². The topological polar surface area (TPSA) is 75.9 Å². The van der Waals surface area contributed by atoms with Crippen LogP contribution in [0.15, 0.2) is 35.6 Å². The van der Waals surface area contributed by atoms with E-state index < -0.39 is 0 Å². The van der Waals surface area contributed by atoms with Gasteiger partial charge in [-0.15, -0.1) is 0 Å². The minimum atomic E-state index is -0.0257. The Hall–Kier alpha value is -2.32. The molecule has 3 aromatic rings. The molecule has 1 aliphatic heterocycles. The Morgan fingerprint density at radius 1 is 1.17 bits per heavy atom. The van der Waals surface area contributed by atoms with Crippen LogP contribution >= 0.6 is 23.4 Å². The molecule has 1 aromatic carbocycles. The first kappa shape index (κ1) is 20.9. The molecule has 0 spiro atoms. The number of anilines is 1. The number of aromatic nitrogens is 4. The molecule has 0 bridgehead atoms. The van der Waals surface area contributed by atoms with E-state index >= 15 is 0 Å². The van der Waals surface area contributed by atoms with Crippen LogP contribution in [-0.4, -0.2) is 51.5 Å². The maximum absolute atomic E-state index is 12.2. The monoisotopic (exact) mass is 444 g/mol. The Morgan fingerprint density at radius 3 is 2.67 bits per heavy atom. The van der Waals surface area contributed by atoms with Crippen LogP contribution in [0.2, 0.25) is 5.02 Å². The van der Waals surface area contributed by atoms with Crippen molar-refractivity contribution in [3.63, 3.8) is 0 Å². The molecule has 7 nitrogen and oxygen atoms in total. The fourth-order valence-corrected chi connectivity index (χ4v) is 4.16. The van der Waals surface area contributed by atoms with E-state index in [0.717, 1.165) is 40.7 Å². The lowest BCUT2D eigenvalue weighted by Crippen LogP contribution is -2.30. The average Bonchev–Trinajstić information content (AvgIpc) is 3.18. The predicted octanol–water partition coefficient (Wildman–Crippen LogP) is 3.55. The van der Waals surface area contributed by atoms with Crippen LogP contribution in [0.5, 0.6) is 0 Å². The summed E-state index contributed by atoms with van der Waals surface area (Å²) in [5.74, 6) is 0.948. The minimum Gasteiger partial charge on any atom is -0.356 e. The van der Waals surface area contributed by atoms with E-state index in [-0.39, 0.29) is 5.91 Å². The molecule has 1 aliphatic rings. The number of nitrogens with one attached hydrogen (secondary N) is 1. The number of halogens is 1. The molecule has 0 radical (unpaired) electrons. The third-order valence-corrected chi connectivity index (χ3v) is 6.02. The van der Waals surface area contributed by atoms with Crippen molar-refractivity contribution in [1.29, 1.82) is 0 Å². The van der Waals surface area contributed by atoms with Crippen molar-refractivity contribution in [2.45, 2.75) is 37.4 Å². The largest absolute Gasteiger partial charge is 0.356 e. The van der Waals surface area contributed by atoms with Crippen LogP contribution in [0.4, 0.5) is 5.82 Å². The lowest BCUT2D eigenvalue weighted by Gasteiger charge is -2.28. The first-order valence-electron chi connectivity index (χ1n) is 10.2. The van der Waals surface area contributed by atoms with Crippen LogP contribution in [0.25, 0.3) is 11.0 Å². The van der Waals surface area contributed by atoms with Crippen molar-refractivity contribution in [3.05, 3.63) is 41.0 Å². The predicted molar refractivity (Wildman–Crippen MR) is 121 cm³/mol. The van der Waals surface area contributed by atoms with Crippen molar-refractivity contribution >= 4 is 46.1 Å². The Morgan fingerprint density at radius 2 is 1.93 bits per heavy atom. The summed E-state index contributed by atoms with van der Waals surface area (Å²) in [7, 11) is 0. The van der Waals surface area contributed by atoms with Gasteiger partial charge in [-0.1, -0.05) is 35.5 Å². The average molecular weight is 445 g/mol. The number of hydrogen-bond acceptors (Lipinski definition) is 6. The summed E-state index contributed by atoms with van der Waals surface area (Å²) in [4.78, 5) is 24.0. The molecule has 1 saturated heterocycles. The molecule has 1 fully saturated rings. The van der Waals surface area contributed by atoms with Crippen LogP contribution in [-0.2, 0) is 17.8 Å². The number of fused-ring (bicyclic) bond motifs is 1. The number of benzene rings is 1. The van der Waals surface area contributed by atoms with E-state index in [1.807, 2.05) is 29.3 Å². The number of rotatable bonds is 7. The van der Waals surface area contributed by atoms with Crippen molar-refractivity contribution in [1.82, 2.24) is 25.1 Å². The summed E-state index contributed by atoms with van der Waals surface area (Å²) < 4.78 is 1.85. The quantitative estimate of drug-likeness (QED) is 0.443. The molecule has 1 N–H and O–H groups in total. The molecule has 158 valence electrons. The molecule has 0 unspecified atom stereocenters. The Balaban J connectivity index is 1.44. The highest BCUT2D eigenvalue weighted by Gasteiger charge is 2.19. The maximum atomic E-state index is 12.2. The lowest BCUT2D eigenvalue weighted by molar-refractivity contribution is -0.120. The summed E-state index contributed by atoms with van der Waals surface area (Å²) in [6.45, 7) is 3.08. The lowest BCUT2D eigenvalue weighted by atomic mass is 10.1. The number of piperidine rings is 1. The zero-order valence-electron chi connectivity index (χ0n) is 17.0. The summed E-state index contributed by atoms with van der Waals surface area (Å²) >= 11 is 7.43. The number of hydrogen-bond donors (Lipinski definition) is 1. The normalized spacial score (nSPS) is 14.3. The van der Waals surface area contributed by atoms with Gasteiger partial charge in [0.1, 0.15) is 5.82 Å². The van der Waals surface area contributed by atoms with E-state index in [0.29, 0.717) is 24.5 Å². The molecule has 2 aromatic heterocycles. The number of carbonyl (C=O) groups excluding carboxylic acids is 1. The third kappa shape index (κ3) is 4.87. The third-order valence-electron chi connectivity index (χ3n) is 5.22. The van der Waals surface area contributed by atoms with Gasteiger partial charge in [0.15, 0.2) is 10.8 Å². The van der Waals surface area contributed by atoms with E-state index in [9.17, 15) is 4.79 Å². The fraction of sp³-hybridized carbons (Fsp3) is 0.429. The van der Waals surface area contributed by atoms with Gasteiger partial charge in [0.25, 0.3) is 0 Å². The van der Waals surface area contributed by atoms with Crippen molar-refractivity contribution in [3.8, 4) is 0 Å². The van der Waals surface area contributed by atoms with E-state index in [1.165, 1.54) is 31.0 Å². The van der Waals surface area contributed by atoms with Crippen LogP contribution in [0, 0.1) is 0 Å². The van der Waals surface area contributed by atoms with Gasteiger partial charge in [-0.3, -0.25) is 4.79 Å². The molecule has 0 saturated carbocycles. The summed E-state index contributed by atoms with van der Waals surface area (Å²) in [5, 5.41) is 9.88. The number of amides is 1. The first-order valence-corrected chi connectivity index (χ1v) is 11.8. The molecular weight excluding hydrogens is 420 g/mol. The number of thioether (sulfide) groups is 1. The molecule has 4 rings (SSSR count). The molecule has 0 atom stereocenters. The van der Waals surface area contributed by atoms with Crippen LogP contribution < -0.4 is 10.2 Å². The zero-order chi connectivity index (χ0) is 20.9. The van der Waals surface area contributed by atoms with Crippen LogP contribution in [0.3, 0.4) is 0 Å². The second-order valence-electron chi connectivity index (χ2n) is 7.34. The van der Waals surface area contributed by atoms with Crippen molar-refractivity contribution in [2.24, 2.45) is 0 Å². The number of nitrogens with zero attached hydrogens (tertiary/aromatic N) is 5. The minimum absolute atomic E-state index is 0.0257. The molecule has 1 amide bonds. The fourth-order valence-electron chi connectivity index (χ4n) is 3.67. The van der Waals surface area contributed by atoms with Crippen LogP contribution in [0.1, 0.15) is 24.8 Å². The first-order chi connectivity index (χ1) is 14.6. The summed E-state index contributed by atoms with van der Waals surface area (Å²) in [5.41, 5.74) is 1.76. The van der Waals surface area contributed by atoms with Gasteiger partial charge in [0.05, 0.1) is 24.5 Å². The van der Waals surface area contributed by atoms with Gasteiger partial charge in [-0.05, 0) is 43.2 Å². The van der Waals surface area contributed by atoms with Gasteiger partial charge >= 0.3 is 0 Å². The highest BCUT2D eigenvalue weighted by atomic mass is 35.5. The van der Waals surface area contributed by atoms with Gasteiger partial charge in [0.2, 0.25) is 5.91 Å². The Labute approximate surface area is 185 Å². The van der Waals surface area contributed by atoms with E-state index in [2.05, 4.69) is 20.3 Å². The van der Waals surface area contributed by atoms with Crippen molar-refractivity contribution < 1.29 is 4.79 Å². The summed E-state index contributed by atoms with van der Waals surface area (Å²) in [6, 6.07) is 7.32. The smallest absolute Gasteiger partial charge is 0.224 e. The number of carbonyl (C=O) groups is 1. The van der Waals surface area contributed by atoms with E-state index in [4.69, 9.17) is 16.6 Å².